The number of nitrogens with zero attached hydrogens (tertiary/aromatic N) is 3. The highest BCUT2D eigenvalue weighted by molar-refractivity contribution is 9.10. The molecule has 5 heteroatoms. The second kappa shape index (κ2) is 5.48. The molecule has 3 rings (SSSR count). The van der Waals surface area contributed by atoms with E-state index in [1.54, 1.807) is 6.20 Å². The van der Waals surface area contributed by atoms with Crippen LogP contribution in [0.4, 0.5) is 5.82 Å². The van der Waals surface area contributed by atoms with Crippen molar-refractivity contribution >= 4 is 21.7 Å². The second-order valence-corrected chi connectivity index (χ2v) is 5.91. The van der Waals surface area contributed by atoms with Crippen LogP contribution >= 0.6 is 15.9 Å². The maximum Gasteiger partial charge on any atom is 0.180 e. The van der Waals surface area contributed by atoms with Gasteiger partial charge >= 0.3 is 0 Å². The fourth-order valence-corrected chi connectivity index (χ4v) is 2.79. The van der Waals surface area contributed by atoms with Crippen LogP contribution in [0, 0.1) is 6.92 Å². The van der Waals surface area contributed by atoms with Gasteiger partial charge in [0.05, 0.1) is 10.2 Å². The van der Waals surface area contributed by atoms with Gasteiger partial charge in [0.25, 0.3) is 0 Å². The van der Waals surface area contributed by atoms with Crippen molar-refractivity contribution in [2.45, 2.75) is 32.6 Å². The van der Waals surface area contributed by atoms with Gasteiger partial charge in [0.1, 0.15) is 11.5 Å². The van der Waals surface area contributed by atoms with Crippen LogP contribution in [-0.2, 0) is 0 Å². The zero-order chi connectivity index (χ0) is 14.1. The Balaban J connectivity index is 2.10. The quantitative estimate of drug-likeness (QED) is 0.921. The Morgan fingerprint density at radius 1 is 1.35 bits per heavy atom. The van der Waals surface area contributed by atoms with E-state index in [9.17, 15) is 0 Å². The molecule has 4 nitrogen and oxygen atoms in total. The number of pyridine rings is 1. The molecule has 1 aliphatic rings. The van der Waals surface area contributed by atoms with E-state index in [1.165, 1.54) is 18.4 Å². The zero-order valence-corrected chi connectivity index (χ0v) is 13.2. The van der Waals surface area contributed by atoms with Crippen LogP contribution in [0.3, 0.4) is 0 Å². The zero-order valence-electron chi connectivity index (χ0n) is 11.7. The Morgan fingerprint density at radius 2 is 2.15 bits per heavy atom. The maximum absolute atomic E-state index is 4.73. The molecule has 0 aromatic carbocycles. The minimum atomic E-state index is 0.563. The highest BCUT2D eigenvalue weighted by Crippen LogP contribution is 2.44. The molecule has 0 saturated heterocycles. The van der Waals surface area contributed by atoms with Crippen molar-refractivity contribution in [1.82, 2.24) is 15.0 Å². The van der Waals surface area contributed by atoms with Crippen molar-refractivity contribution in [2.75, 3.05) is 11.9 Å². The van der Waals surface area contributed by atoms with Gasteiger partial charge < -0.3 is 5.32 Å². The van der Waals surface area contributed by atoms with Gasteiger partial charge in [0.2, 0.25) is 0 Å². The molecule has 2 aromatic rings. The van der Waals surface area contributed by atoms with E-state index in [1.807, 2.05) is 12.1 Å². The number of aryl methyl sites for hydroxylation is 1. The Kier molecular flexibility index (Phi) is 3.70. The third kappa shape index (κ3) is 2.68. The summed E-state index contributed by atoms with van der Waals surface area (Å²) < 4.78 is 0.998. The molecule has 1 aliphatic carbocycles. The number of nitrogens with one attached hydrogen (secondary N) is 1. The molecule has 0 aliphatic heterocycles. The lowest BCUT2D eigenvalue weighted by molar-refractivity contribution is 0.967. The standard InChI is InChI=1S/C15H17BrN4/c1-3-17-15-12(16)13(10-4-5-10)19-14(20-15)11-8-9(2)6-7-18-11/h6-8,10H,3-5H2,1-2H3,(H,17,19,20). The topological polar surface area (TPSA) is 50.7 Å². The molecule has 2 heterocycles. The Hall–Kier alpha value is -1.49. The van der Waals surface area contributed by atoms with E-state index in [2.05, 4.69) is 45.1 Å². The molecule has 2 aromatic heterocycles. The minimum Gasteiger partial charge on any atom is -0.369 e. The van der Waals surface area contributed by atoms with Crippen LogP contribution in [0.5, 0.6) is 0 Å². The van der Waals surface area contributed by atoms with Crippen LogP contribution in [-0.4, -0.2) is 21.5 Å². The van der Waals surface area contributed by atoms with Gasteiger partial charge in [-0.2, -0.15) is 0 Å². The summed E-state index contributed by atoms with van der Waals surface area (Å²) in [6.45, 7) is 4.95. The first kappa shape index (κ1) is 13.5. The van der Waals surface area contributed by atoms with Gasteiger partial charge in [-0.1, -0.05) is 0 Å². The van der Waals surface area contributed by atoms with Crippen LogP contribution in [0.25, 0.3) is 11.5 Å². The second-order valence-electron chi connectivity index (χ2n) is 5.12. The predicted molar refractivity (Wildman–Crippen MR) is 83.8 cm³/mol. The number of anilines is 1. The summed E-state index contributed by atoms with van der Waals surface area (Å²) in [7, 11) is 0. The number of hydrogen-bond donors (Lipinski definition) is 1. The van der Waals surface area contributed by atoms with Crippen LogP contribution in [0.1, 0.15) is 36.9 Å². The normalized spacial score (nSPS) is 14.3. The Labute approximate surface area is 127 Å². The summed E-state index contributed by atoms with van der Waals surface area (Å²) in [5.41, 5.74) is 3.10. The number of rotatable bonds is 4. The summed E-state index contributed by atoms with van der Waals surface area (Å²) in [5, 5.41) is 3.30. The van der Waals surface area contributed by atoms with Gasteiger partial charge in [-0.15, -0.1) is 0 Å². The third-order valence-electron chi connectivity index (χ3n) is 3.33. The number of hydrogen-bond acceptors (Lipinski definition) is 4. The van der Waals surface area contributed by atoms with E-state index in [-0.39, 0.29) is 0 Å². The molecule has 1 fully saturated rings. The molecule has 1 saturated carbocycles. The molecule has 0 spiro atoms. The van der Waals surface area contributed by atoms with E-state index >= 15 is 0 Å². The molecule has 1 N–H and O–H groups in total. The molecule has 20 heavy (non-hydrogen) atoms. The lowest BCUT2D eigenvalue weighted by Crippen LogP contribution is -2.06. The third-order valence-corrected chi connectivity index (χ3v) is 4.11. The number of aromatic nitrogens is 3. The number of halogens is 1. The average molecular weight is 333 g/mol. The molecule has 0 amide bonds. The van der Waals surface area contributed by atoms with Crippen LogP contribution in [0.2, 0.25) is 0 Å². The first-order valence-electron chi connectivity index (χ1n) is 6.93. The fourth-order valence-electron chi connectivity index (χ4n) is 2.15. The van der Waals surface area contributed by atoms with E-state index < -0.39 is 0 Å². The summed E-state index contributed by atoms with van der Waals surface area (Å²) >= 11 is 3.64. The molecule has 0 radical (unpaired) electrons. The lowest BCUT2D eigenvalue weighted by Gasteiger charge is -2.11. The predicted octanol–water partition coefficient (Wildman–Crippen LogP) is 3.92. The molecular formula is C15H17BrN4. The van der Waals surface area contributed by atoms with Crippen LogP contribution in [0.15, 0.2) is 22.8 Å². The maximum atomic E-state index is 4.73. The molecule has 0 unspecified atom stereocenters. The van der Waals surface area contributed by atoms with Crippen molar-refractivity contribution in [2.24, 2.45) is 0 Å². The Bertz CT molecular complexity index is 638. The summed E-state index contributed by atoms with van der Waals surface area (Å²) in [6, 6.07) is 4.00. The van der Waals surface area contributed by atoms with E-state index in [4.69, 9.17) is 4.98 Å². The minimum absolute atomic E-state index is 0.563. The largest absolute Gasteiger partial charge is 0.369 e. The van der Waals surface area contributed by atoms with Crippen molar-refractivity contribution in [1.29, 1.82) is 0 Å². The molecule has 104 valence electrons. The first-order chi connectivity index (χ1) is 9.69. The van der Waals surface area contributed by atoms with Crippen molar-refractivity contribution in [3.63, 3.8) is 0 Å². The van der Waals surface area contributed by atoms with Crippen LogP contribution < -0.4 is 5.32 Å². The highest BCUT2D eigenvalue weighted by atomic mass is 79.9. The van der Waals surface area contributed by atoms with Gasteiger partial charge in [0, 0.05) is 18.7 Å². The Morgan fingerprint density at radius 3 is 2.80 bits per heavy atom. The average Bonchev–Trinajstić information content (AvgIpc) is 3.26. The van der Waals surface area contributed by atoms with Gasteiger partial charge in [-0.3, -0.25) is 4.98 Å². The summed E-state index contributed by atoms with van der Waals surface area (Å²) in [4.78, 5) is 13.7. The summed E-state index contributed by atoms with van der Waals surface area (Å²) in [6.07, 6.45) is 4.23. The SMILES string of the molecule is CCNc1nc(-c2cc(C)ccn2)nc(C2CC2)c1Br. The lowest BCUT2D eigenvalue weighted by atomic mass is 10.2. The van der Waals surface area contributed by atoms with Gasteiger partial charge in [-0.05, 0) is 60.3 Å². The highest BCUT2D eigenvalue weighted by Gasteiger charge is 2.29. The van der Waals surface area contributed by atoms with Crippen molar-refractivity contribution in [3.05, 3.63) is 34.1 Å². The monoisotopic (exact) mass is 332 g/mol. The van der Waals surface area contributed by atoms with Gasteiger partial charge in [0.15, 0.2) is 5.82 Å². The molecular weight excluding hydrogens is 316 g/mol. The van der Waals surface area contributed by atoms with E-state index in [0.717, 1.165) is 28.2 Å². The van der Waals surface area contributed by atoms with Crippen molar-refractivity contribution in [3.8, 4) is 11.5 Å². The smallest absolute Gasteiger partial charge is 0.180 e. The van der Waals surface area contributed by atoms with E-state index in [0.29, 0.717) is 11.7 Å². The summed E-state index contributed by atoms with van der Waals surface area (Å²) in [5.74, 6) is 2.13. The molecule has 0 atom stereocenters. The van der Waals surface area contributed by atoms with Gasteiger partial charge in [-0.25, -0.2) is 9.97 Å². The molecule has 0 bridgehead atoms. The van der Waals surface area contributed by atoms with Crippen molar-refractivity contribution < 1.29 is 0 Å². The first-order valence-corrected chi connectivity index (χ1v) is 7.72. The fraction of sp³-hybridized carbons (Fsp3) is 0.400.